The van der Waals surface area contributed by atoms with Gasteiger partial charge in [0.1, 0.15) is 24.4 Å². The molecule has 2 aliphatic rings. The molecule has 126 valence electrons. The molecular formula is C17H20N4O3. The van der Waals surface area contributed by atoms with E-state index in [0.29, 0.717) is 18.3 Å². The van der Waals surface area contributed by atoms with Crippen molar-refractivity contribution in [2.45, 2.75) is 31.1 Å². The minimum absolute atomic E-state index is 0.0155. The smallest absolute Gasteiger partial charge is 0.218 e. The molecule has 0 saturated carbocycles. The summed E-state index contributed by atoms with van der Waals surface area (Å²) in [5.41, 5.74) is 0. The third-order valence-electron chi connectivity index (χ3n) is 4.52. The van der Waals surface area contributed by atoms with Crippen molar-refractivity contribution in [3.8, 4) is 11.8 Å². The van der Waals surface area contributed by atoms with Crippen molar-refractivity contribution in [2.75, 3.05) is 25.2 Å². The molecule has 0 N–H and O–H groups in total. The normalized spacial score (nSPS) is 26.0. The highest BCUT2D eigenvalue weighted by Gasteiger charge is 2.46. The fraction of sp³-hybridized carbons (Fsp3) is 0.471. The average molecular weight is 328 g/mol. The lowest BCUT2D eigenvalue weighted by molar-refractivity contribution is -0.0372. The predicted octanol–water partition coefficient (Wildman–Crippen LogP) is 1.70. The van der Waals surface area contributed by atoms with Crippen molar-refractivity contribution in [3.05, 3.63) is 36.8 Å². The first-order valence-electron chi connectivity index (χ1n) is 8.17. The first-order valence-corrected chi connectivity index (χ1v) is 8.17. The van der Waals surface area contributed by atoms with Crippen LogP contribution >= 0.6 is 0 Å². The molecule has 0 aliphatic carbocycles. The predicted molar refractivity (Wildman–Crippen MR) is 87.3 cm³/mol. The highest BCUT2D eigenvalue weighted by atomic mass is 16.5. The van der Waals surface area contributed by atoms with Crippen LogP contribution in [0, 0.1) is 0 Å². The number of anilines is 1. The molecule has 0 aromatic carbocycles. The van der Waals surface area contributed by atoms with Crippen LogP contribution in [0.1, 0.15) is 12.8 Å². The maximum Gasteiger partial charge on any atom is 0.218 e. The number of pyridine rings is 1. The zero-order valence-corrected chi connectivity index (χ0v) is 13.5. The van der Waals surface area contributed by atoms with E-state index >= 15 is 0 Å². The summed E-state index contributed by atoms with van der Waals surface area (Å²) in [7, 11) is 1.61. The molecule has 3 atom stereocenters. The van der Waals surface area contributed by atoms with E-state index in [1.165, 1.54) is 6.33 Å². The van der Waals surface area contributed by atoms with E-state index < -0.39 is 0 Å². The maximum absolute atomic E-state index is 6.10. The van der Waals surface area contributed by atoms with Crippen molar-refractivity contribution in [1.29, 1.82) is 0 Å². The van der Waals surface area contributed by atoms with Gasteiger partial charge in [-0.2, -0.15) is 0 Å². The fourth-order valence-corrected chi connectivity index (χ4v) is 3.45. The topological polar surface area (TPSA) is 69.6 Å². The third kappa shape index (κ3) is 2.87. The fourth-order valence-electron chi connectivity index (χ4n) is 3.45. The standard InChI is InChI=1S/C17H20N4O3/c1-22-16-9-14(19-11-20-16)21-10-13(17-12(21)5-4-8-23-17)24-15-6-2-3-7-18-15/h2-3,6-7,9,11-13,17H,4-5,8,10H2,1H3/t12-,13+,17+/m0/s1. The molecule has 4 rings (SSSR count). The number of rotatable bonds is 4. The number of aromatic nitrogens is 3. The second-order valence-corrected chi connectivity index (χ2v) is 5.94. The van der Waals surface area contributed by atoms with Crippen molar-refractivity contribution < 1.29 is 14.2 Å². The summed E-state index contributed by atoms with van der Waals surface area (Å²) in [5.74, 6) is 2.02. The summed E-state index contributed by atoms with van der Waals surface area (Å²) in [6.45, 7) is 1.47. The zero-order chi connectivity index (χ0) is 16.4. The van der Waals surface area contributed by atoms with Gasteiger partial charge in [0.05, 0.1) is 19.7 Å². The Balaban J connectivity index is 1.59. The van der Waals surface area contributed by atoms with Crippen LogP contribution in [0.25, 0.3) is 0 Å². The van der Waals surface area contributed by atoms with Crippen LogP contribution in [0.5, 0.6) is 11.8 Å². The number of methoxy groups -OCH3 is 1. The van der Waals surface area contributed by atoms with E-state index in [2.05, 4.69) is 19.9 Å². The first kappa shape index (κ1) is 15.1. The first-order chi connectivity index (χ1) is 11.8. The van der Waals surface area contributed by atoms with Gasteiger partial charge in [-0.05, 0) is 18.9 Å². The minimum atomic E-state index is -0.0776. The third-order valence-corrected chi connectivity index (χ3v) is 4.52. The lowest BCUT2D eigenvalue weighted by Crippen LogP contribution is -2.42. The van der Waals surface area contributed by atoms with Gasteiger partial charge in [-0.25, -0.2) is 15.0 Å². The zero-order valence-electron chi connectivity index (χ0n) is 13.5. The van der Waals surface area contributed by atoms with Gasteiger partial charge >= 0.3 is 0 Å². The summed E-state index contributed by atoms with van der Waals surface area (Å²) in [6, 6.07) is 7.76. The molecule has 2 fully saturated rings. The molecule has 2 aliphatic heterocycles. The van der Waals surface area contributed by atoms with Crippen LogP contribution in [0.2, 0.25) is 0 Å². The van der Waals surface area contributed by atoms with Crippen LogP contribution in [-0.4, -0.2) is 53.5 Å². The molecule has 24 heavy (non-hydrogen) atoms. The van der Waals surface area contributed by atoms with E-state index in [1.807, 2.05) is 24.3 Å². The number of fused-ring (bicyclic) bond motifs is 1. The SMILES string of the molecule is COc1cc(N2C[C@@H](Oc3ccccn3)[C@@H]3OCCC[C@@H]32)ncn1. The van der Waals surface area contributed by atoms with Crippen molar-refractivity contribution >= 4 is 5.82 Å². The molecular weight excluding hydrogens is 308 g/mol. The molecule has 0 unspecified atom stereocenters. The summed E-state index contributed by atoms with van der Waals surface area (Å²) < 4.78 is 17.3. The average Bonchev–Trinajstić information content (AvgIpc) is 3.01. The Hall–Kier alpha value is -2.41. The quantitative estimate of drug-likeness (QED) is 0.846. The van der Waals surface area contributed by atoms with Gasteiger partial charge < -0.3 is 19.1 Å². The molecule has 2 aromatic rings. The highest BCUT2D eigenvalue weighted by Crippen LogP contribution is 2.34. The number of ether oxygens (including phenoxy) is 3. The van der Waals surface area contributed by atoms with E-state index in [1.54, 1.807) is 13.3 Å². The van der Waals surface area contributed by atoms with E-state index in [4.69, 9.17) is 14.2 Å². The van der Waals surface area contributed by atoms with Gasteiger partial charge in [-0.15, -0.1) is 0 Å². The van der Waals surface area contributed by atoms with Gasteiger partial charge in [0.25, 0.3) is 0 Å². The van der Waals surface area contributed by atoms with E-state index in [-0.39, 0.29) is 18.2 Å². The van der Waals surface area contributed by atoms with Crippen LogP contribution in [0.4, 0.5) is 5.82 Å². The second-order valence-electron chi connectivity index (χ2n) is 5.94. The Bertz CT molecular complexity index is 685. The van der Waals surface area contributed by atoms with Crippen LogP contribution in [0.3, 0.4) is 0 Å². The van der Waals surface area contributed by atoms with Gasteiger partial charge in [-0.3, -0.25) is 0 Å². The van der Waals surface area contributed by atoms with Crippen LogP contribution in [0.15, 0.2) is 36.8 Å². The van der Waals surface area contributed by atoms with Crippen LogP contribution in [-0.2, 0) is 4.74 Å². The van der Waals surface area contributed by atoms with E-state index in [0.717, 1.165) is 25.3 Å². The van der Waals surface area contributed by atoms with Gasteiger partial charge in [-0.1, -0.05) is 6.07 Å². The molecule has 2 saturated heterocycles. The Kier molecular flexibility index (Phi) is 4.17. The number of hydrogen-bond donors (Lipinski definition) is 0. The summed E-state index contributed by atoms with van der Waals surface area (Å²) in [4.78, 5) is 15.0. The van der Waals surface area contributed by atoms with Crippen LogP contribution < -0.4 is 14.4 Å². The largest absolute Gasteiger partial charge is 0.481 e. The molecule has 4 heterocycles. The lowest BCUT2D eigenvalue weighted by Gasteiger charge is -2.32. The van der Waals surface area contributed by atoms with Crippen molar-refractivity contribution in [1.82, 2.24) is 15.0 Å². The molecule has 0 spiro atoms. The van der Waals surface area contributed by atoms with Crippen molar-refractivity contribution in [2.24, 2.45) is 0 Å². The molecule has 0 amide bonds. The monoisotopic (exact) mass is 328 g/mol. The maximum atomic E-state index is 6.10. The van der Waals surface area contributed by atoms with Gasteiger partial charge in [0.15, 0.2) is 0 Å². The van der Waals surface area contributed by atoms with Gasteiger partial charge in [0.2, 0.25) is 11.8 Å². The Morgan fingerprint density at radius 2 is 2.17 bits per heavy atom. The lowest BCUT2D eigenvalue weighted by atomic mass is 10.0. The molecule has 2 aromatic heterocycles. The summed E-state index contributed by atoms with van der Waals surface area (Å²) >= 11 is 0. The minimum Gasteiger partial charge on any atom is -0.481 e. The molecule has 0 bridgehead atoms. The molecule has 0 radical (unpaired) electrons. The van der Waals surface area contributed by atoms with Crippen molar-refractivity contribution in [3.63, 3.8) is 0 Å². The number of nitrogens with zero attached hydrogens (tertiary/aromatic N) is 4. The second kappa shape index (κ2) is 6.60. The Morgan fingerprint density at radius 3 is 3.00 bits per heavy atom. The van der Waals surface area contributed by atoms with Gasteiger partial charge in [0, 0.05) is 24.9 Å². The molecule has 7 heteroatoms. The molecule has 7 nitrogen and oxygen atoms in total. The Morgan fingerprint density at radius 1 is 1.21 bits per heavy atom. The highest BCUT2D eigenvalue weighted by molar-refractivity contribution is 5.45. The van der Waals surface area contributed by atoms with E-state index in [9.17, 15) is 0 Å². The summed E-state index contributed by atoms with van der Waals surface area (Å²) in [5, 5.41) is 0. The number of hydrogen-bond acceptors (Lipinski definition) is 7. The summed E-state index contributed by atoms with van der Waals surface area (Å²) in [6.07, 6.45) is 5.29. The Labute approximate surface area is 140 Å².